The normalized spacial score (nSPS) is 27.3. The molecule has 86 valence electrons. The molecule has 1 aliphatic heterocycles. The number of hydrogen-bond donors (Lipinski definition) is 0. The van der Waals surface area contributed by atoms with Crippen molar-refractivity contribution in [3.8, 4) is 0 Å². The molecule has 15 heavy (non-hydrogen) atoms. The summed E-state index contributed by atoms with van der Waals surface area (Å²) in [4.78, 5) is 11.0. The Balaban J connectivity index is 2.57. The third-order valence-electron chi connectivity index (χ3n) is 3.27. The Morgan fingerprint density at radius 3 is 2.93 bits per heavy atom. The summed E-state index contributed by atoms with van der Waals surface area (Å²) in [6.07, 6.45) is 4.26. The lowest BCUT2D eigenvalue weighted by Crippen LogP contribution is -2.41. The van der Waals surface area contributed by atoms with Gasteiger partial charge in [-0.1, -0.05) is 26.8 Å². The molecule has 1 heterocycles. The van der Waals surface area contributed by atoms with E-state index in [4.69, 9.17) is 9.47 Å². The molecule has 0 saturated carbocycles. The second-order valence-electron chi connectivity index (χ2n) is 4.14. The highest BCUT2D eigenvalue weighted by Crippen LogP contribution is 2.35. The minimum atomic E-state index is -0.367. The molecule has 2 atom stereocenters. The Hall–Kier alpha value is -0.830. The quantitative estimate of drug-likeness (QED) is 0.518. The van der Waals surface area contributed by atoms with E-state index in [1.165, 1.54) is 6.08 Å². The fourth-order valence-corrected chi connectivity index (χ4v) is 1.99. The van der Waals surface area contributed by atoms with Crippen molar-refractivity contribution >= 4 is 5.97 Å². The van der Waals surface area contributed by atoms with Gasteiger partial charge >= 0.3 is 5.97 Å². The first-order chi connectivity index (χ1) is 7.14. The summed E-state index contributed by atoms with van der Waals surface area (Å²) < 4.78 is 10.9. The molecule has 3 nitrogen and oxygen atoms in total. The highest BCUT2D eigenvalue weighted by atomic mass is 16.6. The standard InChI is InChI=1S/C12H20O3/c1-4-10(3)12(7-6-8-15-12)9-14-11(13)5-2/h5,10H,2,4,6-9H2,1,3H3. The zero-order valence-electron chi connectivity index (χ0n) is 9.62. The van der Waals surface area contributed by atoms with E-state index < -0.39 is 0 Å². The molecular weight excluding hydrogens is 192 g/mol. The minimum absolute atomic E-state index is 0.257. The summed E-state index contributed by atoms with van der Waals surface area (Å²) in [6, 6.07) is 0. The lowest BCUT2D eigenvalue weighted by molar-refractivity contribution is -0.150. The van der Waals surface area contributed by atoms with E-state index in [2.05, 4.69) is 20.4 Å². The first-order valence-electron chi connectivity index (χ1n) is 5.58. The van der Waals surface area contributed by atoms with Crippen LogP contribution in [0.1, 0.15) is 33.1 Å². The molecule has 0 aromatic heterocycles. The van der Waals surface area contributed by atoms with Gasteiger partial charge in [0, 0.05) is 12.7 Å². The molecule has 1 rings (SSSR count). The van der Waals surface area contributed by atoms with Crippen LogP contribution in [0.2, 0.25) is 0 Å². The maximum absolute atomic E-state index is 11.0. The topological polar surface area (TPSA) is 35.5 Å². The van der Waals surface area contributed by atoms with Crippen molar-refractivity contribution in [3.05, 3.63) is 12.7 Å². The van der Waals surface area contributed by atoms with Crippen LogP contribution in [-0.2, 0) is 14.3 Å². The van der Waals surface area contributed by atoms with Gasteiger partial charge in [-0.05, 0) is 18.8 Å². The number of carbonyl (C=O) groups is 1. The van der Waals surface area contributed by atoms with E-state index in [1.807, 2.05) is 0 Å². The fraction of sp³-hybridized carbons (Fsp3) is 0.750. The molecule has 0 radical (unpaired) electrons. The Morgan fingerprint density at radius 1 is 1.73 bits per heavy atom. The smallest absolute Gasteiger partial charge is 0.330 e. The Bertz CT molecular complexity index is 229. The molecule has 1 aliphatic rings. The third-order valence-corrected chi connectivity index (χ3v) is 3.27. The van der Waals surface area contributed by atoms with Crippen molar-refractivity contribution in [2.24, 2.45) is 5.92 Å². The van der Waals surface area contributed by atoms with Gasteiger partial charge in [0.2, 0.25) is 0 Å². The van der Waals surface area contributed by atoms with Gasteiger partial charge in [0.05, 0.1) is 0 Å². The molecule has 1 fully saturated rings. The van der Waals surface area contributed by atoms with Gasteiger partial charge in [0.1, 0.15) is 12.2 Å². The predicted octanol–water partition coefficient (Wildman–Crippen LogP) is 2.31. The number of hydrogen-bond acceptors (Lipinski definition) is 3. The van der Waals surface area contributed by atoms with Gasteiger partial charge in [-0.25, -0.2) is 4.79 Å². The molecule has 3 heteroatoms. The van der Waals surface area contributed by atoms with E-state index in [0.29, 0.717) is 12.5 Å². The zero-order chi connectivity index (χ0) is 11.3. The molecule has 2 unspecified atom stereocenters. The summed E-state index contributed by atoms with van der Waals surface area (Å²) in [5, 5.41) is 0. The van der Waals surface area contributed by atoms with Crippen LogP contribution in [0.15, 0.2) is 12.7 Å². The molecule has 1 saturated heterocycles. The van der Waals surface area contributed by atoms with E-state index in [9.17, 15) is 4.79 Å². The SMILES string of the molecule is C=CC(=O)OCC1(C(C)CC)CCCO1. The van der Waals surface area contributed by atoms with Gasteiger partial charge in [-0.2, -0.15) is 0 Å². The first kappa shape index (κ1) is 12.2. The highest BCUT2D eigenvalue weighted by Gasteiger charge is 2.40. The average molecular weight is 212 g/mol. The third kappa shape index (κ3) is 2.81. The van der Waals surface area contributed by atoms with E-state index in [1.54, 1.807) is 0 Å². The molecule has 0 N–H and O–H groups in total. The fourth-order valence-electron chi connectivity index (χ4n) is 1.99. The van der Waals surface area contributed by atoms with Crippen LogP contribution in [0.4, 0.5) is 0 Å². The van der Waals surface area contributed by atoms with Crippen molar-refractivity contribution in [3.63, 3.8) is 0 Å². The lowest BCUT2D eigenvalue weighted by Gasteiger charge is -2.33. The lowest BCUT2D eigenvalue weighted by atomic mass is 9.85. The Kier molecular flexibility index (Phi) is 4.33. The van der Waals surface area contributed by atoms with Crippen LogP contribution >= 0.6 is 0 Å². The van der Waals surface area contributed by atoms with Gasteiger partial charge < -0.3 is 9.47 Å². The van der Waals surface area contributed by atoms with Crippen LogP contribution < -0.4 is 0 Å². The number of ether oxygens (including phenoxy) is 2. The summed E-state index contributed by atoms with van der Waals surface area (Å²) in [5.41, 5.74) is -0.257. The van der Waals surface area contributed by atoms with Crippen LogP contribution in [0.25, 0.3) is 0 Å². The minimum Gasteiger partial charge on any atom is -0.459 e. The summed E-state index contributed by atoms with van der Waals surface area (Å²) in [5.74, 6) is 0.0470. The summed E-state index contributed by atoms with van der Waals surface area (Å²) >= 11 is 0. The van der Waals surface area contributed by atoms with Gasteiger partial charge in [0.25, 0.3) is 0 Å². The van der Waals surface area contributed by atoms with E-state index in [0.717, 1.165) is 25.9 Å². The maximum Gasteiger partial charge on any atom is 0.330 e. The molecule has 0 aromatic carbocycles. The summed E-state index contributed by atoms with van der Waals surface area (Å²) in [6.45, 7) is 8.78. The number of carbonyl (C=O) groups excluding carboxylic acids is 1. The number of esters is 1. The summed E-state index contributed by atoms with van der Waals surface area (Å²) in [7, 11) is 0. The predicted molar refractivity (Wildman–Crippen MR) is 58.5 cm³/mol. The molecular formula is C12H20O3. The van der Waals surface area contributed by atoms with E-state index in [-0.39, 0.29) is 11.6 Å². The van der Waals surface area contributed by atoms with Crippen LogP contribution in [-0.4, -0.2) is 24.8 Å². The second-order valence-corrected chi connectivity index (χ2v) is 4.14. The molecule has 0 aromatic rings. The van der Waals surface area contributed by atoms with Crippen molar-refractivity contribution in [2.75, 3.05) is 13.2 Å². The van der Waals surface area contributed by atoms with Gasteiger partial charge in [0.15, 0.2) is 0 Å². The van der Waals surface area contributed by atoms with Crippen molar-refractivity contribution < 1.29 is 14.3 Å². The Morgan fingerprint density at radius 2 is 2.47 bits per heavy atom. The monoisotopic (exact) mass is 212 g/mol. The van der Waals surface area contributed by atoms with Crippen LogP contribution in [0, 0.1) is 5.92 Å². The Labute approximate surface area is 91.4 Å². The van der Waals surface area contributed by atoms with Crippen LogP contribution in [0.5, 0.6) is 0 Å². The van der Waals surface area contributed by atoms with Gasteiger partial charge in [-0.3, -0.25) is 0 Å². The zero-order valence-corrected chi connectivity index (χ0v) is 9.62. The van der Waals surface area contributed by atoms with Crippen molar-refractivity contribution in [2.45, 2.75) is 38.7 Å². The maximum atomic E-state index is 11.0. The highest BCUT2D eigenvalue weighted by molar-refractivity contribution is 5.81. The second kappa shape index (κ2) is 5.31. The number of rotatable bonds is 5. The molecule has 0 bridgehead atoms. The van der Waals surface area contributed by atoms with Crippen molar-refractivity contribution in [1.82, 2.24) is 0 Å². The van der Waals surface area contributed by atoms with E-state index >= 15 is 0 Å². The van der Waals surface area contributed by atoms with Crippen molar-refractivity contribution in [1.29, 1.82) is 0 Å². The first-order valence-corrected chi connectivity index (χ1v) is 5.58. The molecule has 0 spiro atoms. The van der Waals surface area contributed by atoms with Crippen LogP contribution in [0.3, 0.4) is 0 Å². The average Bonchev–Trinajstić information content (AvgIpc) is 2.74. The van der Waals surface area contributed by atoms with Gasteiger partial charge in [-0.15, -0.1) is 0 Å². The molecule has 0 aliphatic carbocycles. The molecule has 0 amide bonds. The largest absolute Gasteiger partial charge is 0.459 e.